The molecule has 88 valence electrons. The predicted molar refractivity (Wildman–Crippen MR) is 65.8 cm³/mol. The number of carbonyl (C=O) groups is 2. The second-order valence-corrected chi connectivity index (χ2v) is 4.57. The van der Waals surface area contributed by atoms with Gasteiger partial charge in [-0.2, -0.15) is 0 Å². The maximum Gasteiger partial charge on any atom is 0.227 e. The Morgan fingerprint density at radius 2 is 2.06 bits per heavy atom. The average Bonchev–Trinajstić information content (AvgIpc) is 2.58. The minimum atomic E-state index is -0.119. The van der Waals surface area contributed by atoms with Gasteiger partial charge in [-0.3, -0.25) is 9.59 Å². The molecule has 0 aliphatic carbocycles. The van der Waals surface area contributed by atoms with Gasteiger partial charge in [-0.05, 0) is 30.7 Å². The number of hydrogen-bond acceptors (Lipinski definition) is 2. The van der Waals surface area contributed by atoms with Gasteiger partial charge in [0.2, 0.25) is 5.91 Å². The highest BCUT2D eigenvalue weighted by atomic mass is 35.5. The van der Waals surface area contributed by atoms with E-state index in [9.17, 15) is 9.59 Å². The van der Waals surface area contributed by atoms with E-state index in [-0.39, 0.29) is 17.6 Å². The van der Waals surface area contributed by atoms with Crippen LogP contribution in [0.1, 0.15) is 23.7 Å². The van der Waals surface area contributed by atoms with Crippen molar-refractivity contribution in [1.82, 2.24) is 5.32 Å². The van der Waals surface area contributed by atoms with E-state index in [4.69, 9.17) is 11.6 Å². The molecule has 0 unspecified atom stereocenters. The fraction of sp³-hybridized carbons (Fsp3) is 0.231. The van der Waals surface area contributed by atoms with Gasteiger partial charge in [-0.15, -0.1) is 0 Å². The topological polar surface area (TPSA) is 46.2 Å². The van der Waals surface area contributed by atoms with Crippen LogP contribution >= 0.6 is 11.6 Å². The summed E-state index contributed by atoms with van der Waals surface area (Å²) in [7, 11) is 0. The molecule has 0 saturated carbocycles. The zero-order valence-electron chi connectivity index (χ0n) is 9.37. The van der Waals surface area contributed by atoms with E-state index >= 15 is 0 Å². The number of carbonyl (C=O) groups excluding carboxylic acids is 2. The number of ketones is 1. The predicted octanol–water partition coefficient (Wildman–Crippen LogP) is 2.56. The van der Waals surface area contributed by atoms with Crippen LogP contribution in [-0.2, 0) is 4.79 Å². The first-order chi connectivity index (χ1) is 8.06. The number of benzene rings is 1. The molecular weight excluding hydrogens is 238 g/mol. The van der Waals surface area contributed by atoms with E-state index in [2.05, 4.69) is 5.32 Å². The molecule has 0 radical (unpaired) electrons. The maximum absolute atomic E-state index is 11.9. The van der Waals surface area contributed by atoms with Crippen LogP contribution in [0.15, 0.2) is 36.0 Å². The summed E-state index contributed by atoms with van der Waals surface area (Å²) in [6.45, 7) is 1.84. The summed E-state index contributed by atoms with van der Waals surface area (Å²) < 4.78 is 0. The number of nitrogens with one attached hydrogen (secondary N) is 1. The molecule has 4 heteroatoms. The van der Waals surface area contributed by atoms with E-state index in [1.807, 2.05) is 6.92 Å². The molecule has 1 amide bonds. The zero-order valence-corrected chi connectivity index (χ0v) is 10.1. The lowest BCUT2D eigenvalue weighted by molar-refractivity contribution is -0.121. The van der Waals surface area contributed by atoms with Gasteiger partial charge in [0.25, 0.3) is 0 Å². The number of hydrogen-bond donors (Lipinski definition) is 1. The van der Waals surface area contributed by atoms with Crippen LogP contribution in [0.4, 0.5) is 0 Å². The summed E-state index contributed by atoms with van der Waals surface area (Å²) in [5.41, 5.74) is 1.25. The smallest absolute Gasteiger partial charge is 0.227 e. The molecule has 1 aliphatic heterocycles. The standard InChI is InChI=1S/C13H12ClNO2/c1-8-6-11(15-13(8)17)7-12(16)9-2-4-10(14)5-3-9/h2-5,7-8H,6H2,1H3,(H,15,17)/b11-7-/t8-/m0/s1. The zero-order chi connectivity index (χ0) is 12.4. The minimum absolute atomic E-state index is 0.0276. The third-order valence-electron chi connectivity index (χ3n) is 2.69. The third-order valence-corrected chi connectivity index (χ3v) is 2.94. The molecule has 17 heavy (non-hydrogen) atoms. The van der Waals surface area contributed by atoms with Crippen LogP contribution in [0.25, 0.3) is 0 Å². The van der Waals surface area contributed by atoms with Crippen LogP contribution in [0.5, 0.6) is 0 Å². The van der Waals surface area contributed by atoms with Crippen molar-refractivity contribution in [3.05, 3.63) is 46.6 Å². The lowest BCUT2D eigenvalue weighted by Gasteiger charge is -1.98. The van der Waals surface area contributed by atoms with Crippen molar-refractivity contribution in [2.45, 2.75) is 13.3 Å². The Kier molecular flexibility index (Phi) is 3.29. The SMILES string of the molecule is C[C@H]1C/C(=C/C(=O)c2ccc(Cl)cc2)NC1=O. The number of allylic oxidation sites excluding steroid dienone is 2. The number of halogens is 1. The Morgan fingerprint density at radius 1 is 1.41 bits per heavy atom. The van der Waals surface area contributed by atoms with Gasteiger partial charge in [0, 0.05) is 28.3 Å². The quantitative estimate of drug-likeness (QED) is 0.647. The van der Waals surface area contributed by atoms with Gasteiger partial charge < -0.3 is 5.32 Å². The van der Waals surface area contributed by atoms with E-state index in [0.29, 0.717) is 22.7 Å². The van der Waals surface area contributed by atoms with E-state index in [1.165, 1.54) is 6.08 Å². The third kappa shape index (κ3) is 2.74. The molecule has 1 aromatic rings. The molecule has 1 N–H and O–H groups in total. The van der Waals surface area contributed by atoms with Crippen molar-refractivity contribution in [2.24, 2.45) is 5.92 Å². The minimum Gasteiger partial charge on any atom is -0.329 e. The van der Waals surface area contributed by atoms with E-state index in [0.717, 1.165) is 0 Å². The van der Waals surface area contributed by atoms with Gasteiger partial charge in [-0.1, -0.05) is 18.5 Å². The van der Waals surface area contributed by atoms with Crippen LogP contribution in [-0.4, -0.2) is 11.7 Å². The first-order valence-electron chi connectivity index (χ1n) is 5.37. The van der Waals surface area contributed by atoms with E-state index < -0.39 is 0 Å². The first kappa shape index (κ1) is 11.9. The van der Waals surface area contributed by atoms with Crippen molar-refractivity contribution in [2.75, 3.05) is 0 Å². The van der Waals surface area contributed by atoms with Crippen molar-refractivity contribution in [3.63, 3.8) is 0 Å². The molecule has 1 fully saturated rings. The van der Waals surface area contributed by atoms with Crippen LogP contribution in [0.2, 0.25) is 5.02 Å². The summed E-state index contributed by atoms with van der Waals surface area (Å²) >= 11 is 5.74. The largest absolute Gasteiger partial charge is 0.329 e. The first-order valence-corrected chi connectivity index (χ1v) is 5.75. The molecule has 3 nitrogen and oxygen atoms in total. The molecule has 2 rings (SSSR count). The van der Waals surface area contributed by atoms with Gasteiger partial charge in [0.15, 0.2) is 5.78 Å². The summed E-state index contributed by atoms with van der Waals surface area (Å²) in [4.78, 5) is 23.1. The fourth-order valence-electron chi connectivity index (χ4n) is 1.71. The highest BCUT2D eigenvalue weighted by Gasteiger charge is 2.23. The molecule has 1 saturated heterocycles. The fourth-order valence-corrected chi connectivity index (χ4v) is 1.83. The number of rotatable bonds is 2. The molecule has 0 spiro atoms. The molecule has 0 aromatic heterocycles. The lowest BCUT2D eigenvalue weighted by Crippen LogP contribution is -2.16. The molecule has 1 aromatic carbocycles. The maximum atomic E-state index is 11.9. The van der Waals surface area contributed by atoms with Gasteiger partial charge in [-0.25, -0.2) is 0 Å². The summed E-state index contributed by atoms with van der Waals surface area (Å²) in [5.74, 6) is -0.203. The van der Waals surface area contributed by atoms with Crippen molar-refractivity contribution >= 4 is 23.3 Å². The molecular formula is C13H12ClNO2. The molecule has 1 heterocycles. The highest BCUT2D eigenvalue weighted by molar-refractivity contribution is 6.30. The van der Waals surface area contributed by atoms with Crippen LogP contribution < -0.4 is 5.32 Å². The second kappa shape index (κ2) is 4.72. The van der Waals surface area contributed by atoms with Gasteiger partial charge in [0.1, 0.15) is 0 Å². The normalized spacial score (nSPS) is 21.6. The molecule has 1 aliphatic rings. The Balaban J connectivity index is 2.14. The monoisotopic (exact) mass is 249 g/mol. The number of amides is 1. The van der Waals surface area contributed by atoms with Gasteiger partial charge in [0.05, 0.1) is 0 Å². The Bertz CT molecular complexity index is 491. The van der Waals surface area contributed by atoms with Gasteiger partial charge >= 0.3 is 0 Å². The average molecular weight is 250 g/mol. The highest BCUT2D eigenvalue weighted by Crippen LogP contribution is 2.18. The van der Waals surface area contributed by atoms with Crippen molar-refractivity contribution < 1.29 is 9.59 Å². The molecule has 1 atom stereocenters. The van der Waals surface area contributed by atoms with Crippen molar-refractivity contribution in [3.8, 4) is 0 Å². The molecule has 0 bridgehead atoms. The van der Waals surface area contributed by atoms with Crippen molar-refractivity contribution in [1.29, 1.82) is 0 Å². The van der Waals surface area contributed by atoms with Crippen LogP contribution in [0, 0.1) is 5.92 Å². The van der Waals surface area contributed by atoms with E-state index in [1.54, 1.807) is 24.3 Å². The van der Waals surface area contributed by atoms with Crippen LogP contribution in [0.3, 0.4) is 0 Å². The Morgan fingerprint density at radius 3 is 2.59 bits per heavy atom. The Hall–Kier alpha value is -1.61. The summed E-state index contributed by atoms with van der Waals surface area (Å²) in [5, 5.41) is 3.29. The summed E-state index contributed by atoms with van der Waals surface area (Å²) in [6, 6.07) is 6.68. The summed E-state index contributed by atoms with van der Waals surface area (Å²) in [6.07, 6.45) is 2.07. The second-order valence-electron chi connectivity index (χ2n) is 4.14. The Labute approximate surface area is 104 Å². The lowest BCUT2D eigenvalue weighted by atomic mass is 10.1.